The van der Waals surface area contributed by atoms with Crippen molar-refractivity contribution < 1.29 is 14.1 Å². The topological polar surface area (TPSA) is 64.4 Å². The lowest BCUT2D eigenvalue weighted by Gasteiger charge is -2.13. The van der Waals surface area contributed by atoms with Gasteiger partial charge in [-0.25, -0.2) is 0 Å². The first kappa shape index (κ1) is 18.9. The van der Waals surface area contributed by atoms with Crippen LogP contribution in [0.3, 0.4) is 0 Å². The number of carbonyl (C=O) groups is 1. The minimum absolute atomic E-state index is 0.0342. The van der Waals surface area contributed by atoms with Gasteiger partial charge in [-0.1, -0.05) is 65.8 Å². The van der Waals surface area contributed by atoms with Crippen molar-refractivity contribution in [3.8, 4) is 11.3 Å². The second kappa shape index (κ2) is 9.14. The molecule has 5 heteroatoms. The quantitative estimate of drug-likeness (QED) is 0.596. The molecule has 27 heavy (non-hydrogen) atoms. The van der Waals surface area contributed by atoms with E-state index in [-0.39, 0.29) is 12.0 Å². The molecular weight excluding hydrogens is 340 g/mol. The van der Waals surface area contributed by atoms with E-state index in [1.54, 1.807) is 6.92 Å². The van der Waals surface area contributed by atoms with Crippen LogP contribution in [0.4, 0.5) is 0 Å². The molecule has 0 saturated carbocycles. The van der Waals surface area contributed by atoms with Gasteiger partial charge in [0.15, 0.2) is 0 Å². The second-order valence-electron chi connectivity index (χ2n) is 6.36. The van der Waals surface area contributed by atoms with Crippen LogP contribution in [0.2, 0.25) is 0 Å². The number of nitrogens with one attached hydrogen (secondary N) is 1. The molecule has 140 valence electrons. The van der Waals surface area contributed by atoms with E-state index in [0.29, 0.717) is 30.2 Å². The van der Waals surface area contributed by atoms with Gasteiger partial charge >= 0.3 is 0 Å². The van der Waals surface area contributed by atoms with Gasteiger partial charge in [-0.15, -0.1) is 0 Å². The first-order valence-electron chi connectivity index (χ1n) is 9.13. The molecule has 0 bridgehead atoms. The number of benzene rings is 2. The molecule has 0 aliphatic rings. The summed E-state index contributed by atoms with van der Waals surface area (Å²) in [5, 5.41) is 6.98. The number of nitrogens with zero attached hydrogens (tertiary/aromatic N) is 1. The normalized spacial score (nSPS) is 11.9. The predicted octanol–water partition coefficient (Wildman–Crippen LogP) is 4.55. The van der Waals surface area contributed by atoms with Gasteiger partial charge in [-0.3, -0.25) is 4.79 Å². The molecule has 3 aromatic rings. The number of ether oxygens (including phenoxy) is 1. The van der Waals surface area contributed by atoms with Gasteiger partial charge in [-0.05, 0) is 25.8 Å². The predicted molar refractivity (Wildman–Crippen MR) is 104 cm³/mol. The van der Waals surface area contributed by atoms with E-state index in [0.717, 1.165) is 17.5 Å². The highest BCUT2D eigenvalue weighted by Crippen LogP contribution is 2.24. The van der Waals surface area contributed by atoms with Gasteiger partial charge in [0.1, 0.15) is 17.0 Å². The van der Waals surface area contributed by atoms with Crippen molar-refractivity contribution >= 4 is 5.91 Å². The van der Waals surface area contributed by atoms with Gasteiger partial charge in [0.2, 0.25) is 0 Å². The number of hydrogen-bond acceptors (Lipinski definition) is 4. The summed E-state index contributed by atoms with van der Waals surface area (Å²) in [6.45, 7) is 4.88. The molecule has 1 aromatic heterocycles. The molecule has 1 unspecified atom stereocenters. The summed E-state index contributed by atoms with van der Waals surface area (Å²) in [7, 11) is 0. The van der Waals surface area contributed by atoms with Gasteiger partial charge in [0.25, 0.3) is 5.91 Å². The number of rotatable bonds is 8. The van der Waals surface area contributed by atoms with E-state index in [2.05, 4.69) is 10.5 Å². The molecule has 0 fully saturated rings. The van der Waals surface area contributed by atoms with Crippen LogP contribution in [0.5, 0.6) is 0 Å². The average molecular weight is 364 g/mol. The summed E-state index contributed by atoms with van der Waals surface area (Å²) in [5.41, 5.74) is 3.06. The molecule has 0 spiro atoms. The van der Waals surface area contributed by atoms with Crippen LogP contribution >= 0.6 is 0 Å². The van der Waals surface area contributed by atoms with Crippen molar-refractivity contribution in [2.24, 2.45) is 0 Å². The van der Waals surface area contributed by atoms with Crippen molar-refractivity contribution in [2.45, 2.75) is 26.4 Å². The van der Waals surface area contributed by atoms with Crippen LogP contribution in [-0.4, -0.2) is 24.2 Å². The standard InChI is InChI=1S/C22H24N2O3/c1-16(18-10-5-3-6-11-18)26-15-9-14-23-22(25)20-17(2)27-24-21(20)19-12-7-4-8-13-19/h3-8,10-13,16H,9,14-15H2,1-2H3,(H,23,25). The Hall–Kier alpha value is -2.92. The molecule has 1 N–H and O–H groups in total. The Morgan fingerprint density at radius 1 is 1.11 bits per heavy atom. The Labute approximate surface area is 159 Å². The van der Waals surface area contributed by atoms with E-state index < -0.39 is 0 Å². The monoisotopic (exact) mass is 364 g/mol. The zero-order chi connectivity index (χ0) is 19.1. The maximum Gasteiger partial charge on any atom is 0.257 e. The fraction of sp³-hybridized carbons (Fsp3) is 0.273. The van der Waals surface area contributed by atoms with Crippen LogP contribution in [0.25, 0.3) is 11.3 Å². The summed E-state index contributed by atoms with van der Waals surface area (Å²) in [4.78, 5) is 12.6. The van der Waals surface area contributed by atoms with Crippen molar-refractivity contribution in [3.05, 3.63) is 77.6 Å². The molecule has 3 rings (SSSR count). The van der Waals surface area contributed by atoms with E-state index >= 15 is 0 Å². The van der Waals surface area contributed by atoms with E-state index in [1.165, 1.54) is 0 Å². The molecule has 1 amide bonds. The Morgan fingerprint density at radius 2 is 1.78 bits per heavy atom. The van der Waals surface area contributed by atoms with Gasteiger partial charge in [0.05, 0.1) is 6.10 Å². The maximum absolute atomic E-state index is 12.6. The minimum atomic E-state index is -0.177. The molecule has 1 atom stereocenters. The Bertz CT molecular complexity index is 860. The molecule has 1 heterocycles. The largest absolute Gasteiger partial charge is 0.374 e. The van der Waals surface area contributed by atoms with E-state index in [1.807, 2.05) is 67.6 Å². The molecule has 0 radical (unpaired) electrons. The SMILES string of the molecule is Cc1onc(-c2ccccc2)c1C(=O)NCCCOC(C)c1ccccc1. The number of amides is 1. The molecule has 0 aliphatic heterocycles. The van der Waals surface area contributed by atoms with Crippen molar-refractivity contribution in [2.75, 3.05) is 13.2 Å². The summed E-state index contributed by atoms with van der Waals surface area (Å²) in [5.74, 6) is 0.337. The minimum Gasteiger partial charge on any atom is -0.374 e. The van der Waals surface area contributed by atoms with Crippen molar-refractivity contribution in [3.63, 3.8) is 0 Å². The van der Waals surface area contributed by atoms with E-state index in [4.69, 9.17) is 9.26 Å². The van der Waals surface area contributed by atoms with Gasteiger partial charge in [0, 0.05) is 18.7 Å². The number of aromatic nitrogens is 1. The van der Waals surface area contributed by atoms with Gasteiger partial charge in [-0.2, -0.15) is 0 Å². The highest BCUT2D eigenvalue weighted by Gasteiger charge is 2.21. The first-order valence-corrected chi connectivity index (χ1v) is 9.13. The third-order valence-corrected chi connectivity index (χ3v) is 4.38. The van der Waals surface area contributed by atoms with Crippen molar-refractivity contribution in [1.29, 1.82) is 0 Å². The highest BCUT2D eigenvalue weighted by atomic mass is 16.5. The van der Waals surface area contributed by atoms with Gasteiger partial charge < -0.3 is 14.6 Å². The van der Waals surface area contributed by atoms with Crippen LogP contribution in [0.1, 0.15) is 41.1 Å². The summed E-state index contributed by atoms with van der Waals surface area (Å²) >= 11 is 0. The number of carbonyl (C=O) groups excluding carboxylic acids is 1. The lowest BCUT2D eigenvalue weighted by atomic mass is 10.1. The zero-order valence-electron chi connectivity index (χ0n) is 15.6. The average Bonchev–Trinajstić information content (AvgIpc) is 3.10. The molecule has 2 aromatic carbocycles. The van der Waals surface area contributed by atoms with Crippen molar-refractivity contribution in [1.82, 2.24) is 10.5 Å². The van der Waals surface area contributed by atoms with Crippen LogP contribution < -0.4 is 5.32 Å². The lowest BCUT2D eigenvalue weighted by molar-refractivity contribution is 0.0635. The molecule has 5 nitrogen and oxygen atoms in total. The Balaban J connectivity index is 1.50. The second-order valence-corrected chi connectivity index (χ2v) is 6.36. The summed E-state index contributed by atoms with van der Waals surface area (Å²) in [6, 6.07) is 19.6. The number of hydrogen-bond donors (Lipinski definition) is 1. The third kappa shape index (κ3) is 4.83. The summed E-state index contributed by atoms with van der Waals surface area (Å²) < 4.78 is 11.1. The van der Waals surface area contributed by atoms with Crippen LogP contribution in [0, 0.1) is 6.92 Å². The lowest BCUT2D eigenvalue weighted by Crippen LogP contribution is -2.26. The van der Waals surface area contributed by atoms with E-state index in [9.17, 15) is 4.79 Å². The maximum atomic E-state index is 12.6. The fourth-order valence-electron chi connectivity index (χ4n) is 2.88. The highest BCUT2D eigenvalue weighted by molar-refractivity contribution is 6.00. The Morgan fingerprint density at radius 3 is 2.48 bits per heavy atom. The zero-order valence-corrected chi connectivity index (χ0v) is 15.6. The third-order valence-electron chi connectivity index (χ3n) is 4.38. The van der Waals surface area contributed by atoms with Crippen LogP contribution in [-0.2, 0) is 4.74 Å². The number of aryl methyl sites for hydroxylation is 1. The van der Waals surface area contributed by atoms with Crippen LogP contribution in [0.15, 0.2) is 65.2 Å². The smallest absolute Gasteiger partial charge is 0.257 e. The molecular formula is C22H24N2O3. The Kier molecular flexibility index (Phi) is 6.39. The fourth-order valence-corrected chi connectivity index (χ4v) is 2.88. The summed E-state index contributed by atoms with van der Waals surface area (Å²) in [6.07, 6.45) is 0.764. The molecule has 0 aliphatic carbocycles. The molecule has 0 saturated heterocycles. The first-order chi connectivity index (χ1) is 13.2.